The summed E-state index contributed by atoms with van der Waals surface area (Å²) in [5.74, 6) is 2.59. The molecule has 0 spiro atoms. The van der Waals surface area contributed by atoms with Crippen LogP contribution in [-0.4, -0.2) is 40.3 Å². The Bertz CT molecular complexity index is 1060. The molecule has 2 fully saturated rings. The third-order valence-electron chi connectivity index (χ3n) is 7.36. The van der Waals surface area contributed by atoms with Crippen molar-refractivity contribution in [3.05, 3.63) is 46.9 Å². The Morgan fingerprint density at radius 1 is 1.12 bits per heavy atom. The number of hydrogen-bond donors (Lipinski definition) is 0. The quantitative estimate of drug-likeness (QED) is 0.688. The lowest BCUT2D eigenvalue weighted by molar-refractivity contribution is -0.139. The first kappa shape index (κ1) is 21.9. The summed E-state index contributed by atoms with van der Waals surface area (Å²) in [6, 6.07) is 7.66. The average Bonchev–Trinajstić information content (AvgIpc) is 3.48. The largest absolute Gasteiger partial charge is 0.497 e. The van der Waals surface area contributed by atoms with Crippen LogP contribution in [0, 0.1) is 12.8 Å². The molecule has 1 aromatic carbocycles. The van der Waals surface area contributed by atoms with E-state index in [1.54, 1.807) is 12.0 Å². The topological polar surface area (TPSA) is 75.6 Å². The molecule has 1 atom stereocenters. The van der Waals surface area contributed by atoms with Crippen LogP contribution in [0.3, 0.4) is 0 Å². The number of fused-ring (bicyclic) bond motifs is 1. The van der Waals surface area contributed by atoms with Gasteiger partial charge in [0, 0.05) is 23.7 Å². The Balaban J connectivity index is 1.46. The Kier molecular flexibility index (Phi) is 6.04. The molecule has 0 N–H and O–H groups in total. The molecule has 0 bridgehead atoms. The summed E-state index contributed by atoms with van der Waals surface area (Å²) in [6.07, 6.45) is 7.56. The van der Waals surface area contributed by atoms with Gasteiger partial charge >= 0.3 is 0 Å². The van der Waals surface area contributed by atoms with Gasteiger partial charge in [-0.2, -0.15) is 0 Å². The molecule has 1 aliphatic carbocycles. The fourth-order valence-corrected chi connectivity index (χ4v) is 5.53. The zero-order valence-electron chi connectivity index (χ0n) is 19.5. The molecular weight excluding hydrogens is 416 g/mol. The minimum Gasteiger partial charge on any atom is -0.497 e. The number of carbonyl (C=O) groups is 2. The lowest BCUT2D eigenvalue weighted by Gasteiger charge is -2.36. The number of rotatable bonds is 5. The third-order valence-corrected chi connectivity index (χ3v) is 7.36. The fourth-order valence-electron chi connectivity index (χ4n) is 5.53. The molecular formula is C26H32N4O3. The molecule has 7 nitrogen and oxygen atoms in total. The van der Waals surface area contributed by atoms with Crippen molar-refractivity contribution in [2.24, 2.45) is 5.92 Å². The van der Waals surface area contributed by atoms with Crippen LogP contribution in [0.2, 0.25) is 0 Å². The zero-order valence-corrected chi connectivity index (χ0v) is 19.5. The lowest BCUT2D eigenvalue weighted by Crippen LogP contribution is -2.42. The van der Waals surface area contributed by atoms with Crippen molar-refractivity contribution < 1.29 is 14.3 Å². The van der Waals surface area contributed by atoms with Crippen LogP contribution < -0.4 is 9.64 Å². The van der Waals surface area contributed by atoms with E-state index in [4.69, 9.17) is 14.7 Å². The molecule has 2 aliphatic heterocycles. The van der Waals surface area contributed by atoms with E-state index in [1.807, 2.05) is 36.1 Å². The summed E-state index contributed by atoms with van der Waals surface area (Å²) in [4.78, 5) is 39.8. The summed E-state index contributed by atoms with van der Waals surface area (Å²) in [6.45, 7) is 3.17. The minimum absolute atomic E-state index is 0.0323. The van der Waals surface area contributed by atoms with Crippen molar-refractivity contribution in [3.63, 3.8) is 0 Å². The smallest absolute Gasteiger partial charge is 0.233 e. The van der Waals surface area contributed by atoms with Gasteiger partial charge in [0.05, 0.1) is 26.1 Å². The van der Waals surface area contributed by atoms with E-state index in [2.05, 4.69) is 0 Å². The second-order valence-corrected chi connectivity index (χ2v) is 9.50. The predicted molar refractivity (Wildman–Crippen MR) is 125 cm³/mol. The Morgan fingerprint density at radius 2 is 1.91 bits per heavy atom. The number of piperidine rings is 1. The molecule has 33 heavy (non-hydrogen) atoms. The molecule has 3 heterocycles. The summed E-state index contributed by atoms with van der Waals surface area (Å²) >= 11 is 0. The van der Waals surface area contributed by atoms with E-state index < -0.39 is 0 Å². The Morgan fingerprint density at radius 3 is 2.70 bits per heavy atom. The number of amides is 2. The highest BCUT2D eigenvalue weighted by molar-refractivity contribution is 6.00. The molecule has 1 saturated heterocycles. The number of carbonyl (C=O) groups excluding carboxylic acids is 2. The Hall–Kier alpha value is -2.96. The highest BCUT2D eigenvalue weighted by Gasteiger charge is 2.37. The average molecular weight is 449 g/mol. The standard InChI is InChI=1S/C26H32N4O3/c1-17-21-15-23(31)30(16-18-8-7-11-20(14-18)33-2)25(21)28-24(27-17)22-12-5-6-13-29(22)26(32)19-9-3-4-10-19/h7-8,11,14,19,22H,3-6,9-10,12-13,15-16H2,1-2H3. The maximum absolute atomic E-state index is 13.3. The number of methoxy groups -OCH3 is 1. The Labute approximate surface area is 195 Å². The second-order valence-electron chi connectivity index (χ2n) is 9.50. The zero-order chi connectivity index (χ0) is 22.9. The molecule has 1 saturated carbocycles. The van der Waals surface area contributed by atoms with Gasteiger partial charge in [0.1, 0.15) is 11.6 Å². The normalized spacial score (nSPS) is 20.9. The van der Waals surface area contributed by atoms with Crippen molar-refractivity contribution in [1.82, 2.24) is 14.9 Å². The van der Waals surface area contributed by atoms with Crippen LogP contribution in [-0.2, 0) is 22.6 Å². The van der Waals surface area contributed by atoms with Gasteiger partial charge in [0.2, 0.25) is 11.8 Å². The van der Waals surface area contributed by atoms with Crippen LogP contribution in [0.4, 0.5) is 5.82 Å². The molecule has 2 amide bonds. The van der Waals surface area contributed by atoms with E-state index in [9.17, 15) is 9.59 Å². The van der Waals surface area contributed by atoms with E-state index in [0.717, 1.165) is 74.1 Å². The summed E-state index contributed by atoms with van der Waals surface area (Å²) < 4.78 is 5.34. The van der Waals surface area contributed by atoms with Crippen LogP contribution in [0.1, 0.15) is 73.6 Å². The molecule has 1 unspecified atom stereocenters. The van der Waals surface area contributed by atoms with E-state index >= 15 is 0 Å². The van der Waals surface area contributed by atoms with Gasteiger partial charge < -0.3 is 9.64 Å². The van der Waals surface area contributed by atoms with Crippen LogP contribution in [0.25, 0.3) is 0 Å². The number of aryl methyl sites for hydroxylation is 1. The monoisotopic (exact) mass is 448 g/mol. The van der Waals surface area contributed by atoms with Gasteiger partial charge in [-0.25, -0.2) is 9.97 Å². The van der Waals surface area contributed by atoms with Crippen molar-refractivity contribution in [2.45, 2.75) is 70.9 Å². The molecule has 1 aromatic heterocycles. The first-order valence-electron chi connectivity index (χ1n) is 12.2. The maximum Gasteiger partial charge on any atom is 0.233 e. The first-order chi connectivity index (χ1) is 16.0. The van der Waals surface area contributed by atoms with E-state index in [0.29, 0.717) is 24.6 Å². The van der Waals surface area contributed by atoms with Crippen molar-refractivity contribution in [2.75, 3.05) is 18.6 Å². The van der Waals surface area contributed by atoms with Gasteiger partial charge in [0.15, 0.2) is 5.82 Å². The minimum atomic E-state index is -0.106. The molecule has 2 aromatic rings. The number of aromatic nitrogens is 2. The molecule has 3 aliphatic rings. The third kappa shape index (κ3) is 4.21. The number of hydrogen-bond acceptors (Lipinski definition) is 5. The van der Waals surface area contributed by atoms with Gasteiger partial charge in [-0.15, -0.1) is 0 Å². The van der Waals surface area contributed by atoms with Gasteiger partial charge in [-0.3, -0.25) is 14.5 Å². The van der Waals surface area contributed by atoms with Crippen molar-refractivity contribution >= 4 is 17.6 Å². The van der Waals surface area contributed by atoms with E-state index in [-0.39, 0.29) is 23.8 Å². The van der Waals surface area contributed by atoms with Crippen LogP contribution in [0.5, 0.6) is 5.75 Å². The number of benzene rings is 1. The number of nitrogens with zero attached hydrogens (tertiary/aromatic N) is 4. The second kappa shape index (κ2) is 9.12. The summed E-state index contributed by atoms with van der Waals surface area (Å²) in [5.41, 5.74) is 2.73. The summed E-state index contributed by atoms with van der Waals surface area (Å²) in [7, 11) is 1.64. The lowest BCUT2D eigenvalue weighted by atomic mass is 9.97. The maximum atomic E-state index is 13.3. The SMILES string of the molecule is COc1cccc(CN2C(=O)Cc3c(C)nc(C4CCCCN4C(=O)C4CCCC4)nc32)c1. The van der Waals surface area contributed by atoms with E-state index in [1.165, 1.54) is 0 Å². The first-order valence-corrected chi connectivity index (χ1v) is 12.2. The van der Waals surface area contributed by atoms with Crippen LogP contribution in [0.15, 0.2) is 24.3 Å². The van der Waals surface area contributed by atoms with Gasteiger partial charge in [-0.05, 0) is 56.7 Å². The predicted octanol–water partition coefficient (Wildman–Crippen LogP) is 4.13. The molecule has 174 valence electrons. The number of anilines is 1. The highest BCUT2D eigenvalue weighted by atomic mass is 16.5. The molecule has 7 heteroatoms. The fraction of sp³-hybridized carbons (Fsp3) is 0.538. The van der Waals surface area contributed by atoms with Crippen LogP contribution >= 0.6 is 0 Å². The van der Waals surface area contributed by atoms with Gasteiger partial charge in [0.25, 0.3) is 0 Å². The van der Waals surface area contributed by atoms with Gasteiger partial charge in [-0.1, -0.05) is 25.0 Å². The van der Waals surface area contributed by atoms with Crippen molar-refractivity contribution in [1.29, 1.82) is 0 Å². The molecule has 5 rings (SSSR count). The highest BCUT2D eigenvalue weighted by Crippen LogP contribution is 2.37. The number of ether oxygens (including phenoxy) is 1. The summed E-state index contributed by atoms with van der Waals surface area (Å²) in [5, 5.41) is 0. The number of likely N-dealkylation sites (tertiary alicyclic amines) is 1. The molecule has 0 radical (unpaired) electrons. The van der Waals surface area contributed by atoms with Crippen molar-refractivity contribution in [3.8, 4) is 5.75 Å².